The van der Waals surface area contributed by atoms with E-state index in [2.05, 4.69) is 25.7 Å². The van der Waals surface area contributed by atoms with Crippen LogP contribution in [-0.4, -0.2) is 39.3 Å². The highest BCUT2D eigenvalue weighted by molar-refractivity contribution is 7.13. The van der Waals surface area contributed by atoms with Crippen LogP contribution in [0.25, 0.3) is 0 Å². The van der Waals surface area contributed by atoms with Gasteiger partial charge in [0.15, 0.2) is 5.13 Å². The molecule has 21 heavy (non-hydrogen) atoms. The molecule has 1 aliphatic rings. The van der Waals surface area contributed by atoms with Crippen molar-refractivity contribution in [2.45, 2.75) is 44.8 Å². The lowest BCUT2D eigenvalue weighted by Gasteiger charge is -2.35. The maximum absolute atomic E-state index is 4.62. The summed E-state index contributed by atoms with van der Waals surface area (Å²) in [4.78, 5) is 7.21. The van der Waals surface area contributed by atoms with Gasteiger partial charge in [-0.3, -0.25) is 9.58 Å². The minimum absolute atomic E-state index is 0.655. The number of nitrogens with one attached hydrogen (secondary N) is 1. The third-order valence-corrected chi connectivity index (χ3v) is 5.04. The first-order chi connectivity index (χ1) is 10.3. The fourth-order valence-electron chi connectivity index (χ4n) is 3.01. The van der Waals surface area contributed by atoms with Crippen LogP contribution in [0.3, 0.4) is 0 Å². The van der Waals surface area contributed by atoms with E-state index in [0.717, 1.165) is 18.2 Å². The van der Waals surface area contributed by atoms with E-state index in [1.807, 2.05) is 30.2 Å². The molecular formula is C15H23N5S. The van der Waals surface area contributed by atoms with Crippen LogP contribution in [-0.2, 0) is 13.1 Å². The molecule has 6 heteroatoms. The Bertz CT molecular complexity index is 536. The molecule has 0 spiro atoms. The molecular weight excluding hydrogens is 282 g/mol. The minimum Gasteiger partial charge on any atom is -0.365 e. The number of likely N-dealkylation sites (tertiary alicyclic amines) is 1. The van der Waals surface area contributed by atoms with Crippen molar-refractivity contribution in [3.8, 4) is 0 Å². The van der Waals surface area contributed by atoms with Crippen LogP contribution in [0.15, 0.2) is 23.8 Å². The van der Waals surface area contributed by atoms with Crippen molar-refractivity contribution in [1.82, 2.24) is 19.7 Å². The summed E-state index contributed by atoms with van der Waals surface area (Å²) in [6.07, 6.45) is 9.02. The summed E-state index contributed by atoms with van der Waals surface area (Å²) < 4.78 is 2.04. The van der Waals surface area contributed by atoms with E-state index >= 15 is 0 Å². The molecule has 1 atom stereocenters. The number of aryl methyl sites for hydroxylation is 1. The molecule has 1 saturated heterocycles. The van der Waals surface area contributed by atoms with Crippen LogP contribution >= 0.6 is 11.3 Å². The van der Waals surface area contributed by atoms with Gasteiger partial charge in [-0.25, -0.2) is 4.98 Å². The average Bonchev–Trinajstić information content (AvgIpc) is 3.17. The molecule has 3 heterocycles. The van der Waals surface area contributed by atoms with Crippen LogP contribution in [0.1, 0.15) is 31.4 Å². The molecule has 5 nitrogen and oxygen atoms in total. The van der Waals surface area contributed by atoms with Crippen molar-refractivity contribution >= 4 is 16.5 Å². The molecule has 1 N–H and O–H groups in total. The molecule has 1 aliphatic heterocycles. The van der Waals surface area contributed by atoms with E-state index in [-0.39, 0.29) is 0 Å². The van der Waals surface area contributed by atoms with Gasteiger partial charge in [0.25, 0.3) is 0 Å². The summed E-state index contributed by atoms with van der Waals surface area (Å²) in [5.41, 5.74) is 1.19. The van der Waals surface area contributed by atoms with Gasteiger partial charge >= 0.3 is 0 Å². The summed E-state index contributed by atoms with van der Waals surface area (Å²) in [6, 6.07) is 2.65. The summed E-state index contributed by atoms with van der Waals surface area (Å²) in [5.74, 6) is 0. The maximum atomic E-state index is 4.62. The number of anilines is 1. The predicted octanol–water partition coefficient (Wildman–Crippen LogP) is 2.83. The maximum Gasteiger partial charge on any atom is 0.182 e. The zero-order chi connectivity index (χ0) is 14.5. The molecule has 3 rings (SSSR count). The first kappa shape index (κ1) is 14.5. The van der Waals surface area contributed by atoms with Gasteiger partial charge in [-0.1, -0.05) is 6.42 Å². The molecule has 2 aromatic rings. The van der Waals surface area contributed by atoms with E-state index < -0.39 is 0 Å². The van der Waals surface area contributed by atoms with Gasteiger partial charge in [-0.2, -0.15) is 5.10 Å². The standard InChI is InChI=1S/C15H23N5S/c1-16-15-18-13(12-21-15)11-19-8-3-2-5-14(19)6-10-20-9-4-7-17-20/h4,7,9,12,14H,2-3,5-6,8,10-11H2,1H3,(H,16,18). The lowest BCUT2D eigenvalue weighted by Crippen LogP contribution is -2.39. The van der Waals surface area contributed by atoms with Crippen molar-refractivity contribution in [3.63, 3.8) is 0 Å². The Hall–Kier alpha value is -1.40. The van der Waals surface area contributed by atoms with Gasteiger partial charge in [-0.15, -0.1) is 11.3 Å². The quantitative estimate of drug-likeness (QED) is 0.891. The number of aromatic nitrogens is 3. The second kappa shape index (κ2) is 7.04. The average molecular weight is 305 g/mol. The van der Waals surface area contributed by atoms with E-state index in [9.17, 15) is 0 Å². The second-order valence-electron chi connectivity index (χ2n) is 5.57. The molecule has 0 aromatic carbocycles. The highest BCUT2D eigenvalue weighted by atomic mass is 32.1. The normalized spacial score (nSPS) is 19.8. The molecule has 0 amide bonds. The third kappa shape index (κ3) is 3.83. The molecule has 0 aliphatic carbocycles. The van der Waals surface area contributed by atoms with Crippen molar-refractivity contribution < 1.29 is 0 Å². The van der Waals surface area contributed by atoms with Crippen LogP contribution in [0.4, 0.5) is 5.13 Å². The van der Waals surface area contributed by atoms with E-state index in [1.54, 1.807) is 11.3 Å². The van der Waals surface area contributed by atoms with Crippen molar-refractivity contribution in [2.75, 3.05) is 18.9 Å². The Morgan fingerprint density at radius 2 is 2.38 bits per heavy atom. The highest BCUT2D eigenvalue weighted by Gasteiger charge is 2.23. The SMILES string of the molecule is CNc1nc(CN2CCCCC2CCn2cccn2)cs1. The van der Waals surface area contributed by atoms with Crippen LogP contribution in [0, 0.1) is 0 Å². The lowest BCUT2D eigenvalue weighted by atomic mass is 9.99. The van der Waals surface area contributed by atoms with Gasteiger partial charge < -0.3 is 5.32 Å². The topological polar surface area (TPSA) is 46.0 Å². The molecule has 1 fully saturated rings. The van der Waals surface area contributed by atoms with Crippen LogP contribution in [0.5, 0.6) is 0 Å². The van der Waals surface area contributed by atoms with E-state index in [0.29, 0.717) is 6.04 Å². The number of nitrogens with zero attached hydrogens (tertiary/aromatic N) is 4. The smallest absolute Gasteiger partial charge is 0.182 e. The predicted molar refractivity (Wildman–Crippen MR) is 86.6 cm³/mol. The largest absolute Gasteiger partial charge is 0.365 e. The van der Waals surface area contributed by atoms with Crippen LogP contribution < -0.4 is 5.32 Å². The molecule has 114 valence electrons. The van der Waals surface area contributed by atoms with Crippen LogP contribution in [0.2, 0.25) is 0 Å². The van der Waals surface area contributed by atoms with Crippen molar-refractivity contribution in [3.05, 3.63) is 29.5 Å². The molecule has 1 unspecified atom stereocenters. The van der Waals surface area contributed by atoms with Gasteiger partial charge in [0.2, 0.25) is 0 Å². The Kier molecular flexibility index (Phi) is 4.87. The number of thiazole rings is 1. The van der Waals surface area contributed by atoms with E-state index in [4.69, 9.17) is 0 Å². The third-order valence-electron chi connectivity index (χ3n) is 4.13. The summed E-state index contributed by atoms with van der Waals surface area (Å²) in [7, 11) is 1.93. The first-order valence-corrected chi connectivity index (χ1v) is 8.57. The lowest BCUT2D eigenvalue weighted by molar-refractivity contribution is 0.126. The van der Waals surface area contributed by atoms with E-state index in [1.165, 1.54) is 37.9 Å². The number of hydrogen-bond acceptors (Lipinski definition) is 5. The fourth-order valence-corrected chi connectivity index (χ4v) is 3.67. The highest BCUT2D eigenvalue weighted by Crippen LogP contribution is 2.24. The summed E-state index contributed by atoms with van der Waals surface area (Å²) >= 11 is 1.69. The second-order valence-corrected chi connectivity index (χ2v) is 6.43. The van der Waals surface area contributed by atoms with Gasteiger partial charge in [-0.05, 0) is 31.9 Å². The van der Waals surface area contributed by atoms with Crippen molar-refractivity contribution in [1.29, 1.82) is 0 Å². The molecule has 0 saturated carbocycles. The molecule has 0 bridgehead atoms. The Morgan fingerprint density at radius 1 is 1.43 bits per heavy atom. The van der Waals surface area contributed by atoms with Gasteiger partial charge in [0.1, 0.15) is 0 Å². The fraction of sp³-hybridized carbons (Fsp3) is 0.600. The summed E-state index contributed by atoms with van der Waals surface area (Å²) in [6.45, 7) is 3.17. The molecule has 2 aromatic heterocycles. The minimum atomic E-state index is 0.655. The zero-order valence-corrected chi connectivity index (χ0v) is 13.4. The molecule has 0 radical (unpaired) electrons. The number of piperidine rings is 1. The number of rotatable bonds is 6. The number of hydrogen-bond donors (Lipinski definition) is 1. The Morgan fingerprint density at radius 3 is 3.14 bits per heavy atom. The summed E-state index contributed by atoms with van der Waals surface area (Å²) in [5, 5.41) is 10.6. The Balaban J connectivity index is 1.58. The first-order valence-electron chi connectivity index (χ1n) is 7.69. The Labute approximate surface area is 130 Å². The van der Waals surface area contributed by atoms with Gasteiger partial charge in [0.05, 0.1) is 5.69 Å². The van der Waals surface area contributed by atoms with Gasteiger partial charge in [0, 0.05) is 44.0 Å². The monoisotopic (exact) mass is 305 g/mol. The zero-order valence-electron chi connectivity index (χ0n) is 12.5. The van der Waals surface area contributed by atoms with Crippen molar-refractivity contribution in [2.24, 2.45) is 0 Å².